The number of methoxy groups -OCH3 is 1. The highest BCUT2D eigenvalue weighted by molar-refractivity contribution is 6.05. The number of halogens is 3. The molecule has 4 rings (SSSR count). The topological polar surface area (TPSA) is 65.4 Å². The number of ether oxygens (including phenoxy) is 2. The maximum absolute atomic E-state index is 13.1. The number of hydrogen-bond acceptors (Lipinski definition) is 4. The lowest BCUT2D eigenvalue weighted by Gasteiger charge is -2.12. The smallest absolute Gasteiger partial charge is 0.416 e. The summed E-state index contributed by atoms with van der Waals surface area (Å²) in [6.07, 6.45) is -4.42. The van der Waals surface area contributed by atoms with E-state index in [1.54, 1.807) is 62.0 Å². The molecule has 0 unspecified atom stereocenters. The first kappa shape index (κ1) is 25.8. The molecule has 9 heteroatoms. The molecule has 1 amide bonds. The van der Waals surface area contributed by atoms with Gasteiger partial charge in [-0.15, -0.1) is 0 Å². The average Bonchev–Trinajstić information content (AvgIpc) is 3.14. The summed E-state index contributed by atoms with van der Waals surface area (Å²) in [5.74, 6) is 0.882. The van der Waals surface area contributed by atoms with E-state index in [-0.39, 0.29) is 19.1 Å². The Balaban J connectivity index is 1.47. The lowest BCUT2D eigenvalue weighted by atomic mass is 10.1. The van der Waals surface area contributed by atoms with Crippen LogP contribution in [-0.4, -0.2) is 22.8 Å². The van der Waals surface area contributed by atoms with Crippen molar-refractivity contribution in [1.82, 2.24) is 9.78 Å². The van der Waals surface area contributed by atoms with Gasteiger partial charge in [-0.05, 0) is 61.4 Å². The third kappa shape index (κ3) is 6.11. The van der Waals surface area contributed by atoms with Crippen molar-refractivity contribution in [3.05, 3.63) is 106 Å². The molecule has 0 fully saturated rings. The van der Waals surface area contributed by atoms with Crippen LogP contribution in [0, 0.1) is 13.8 Å². The number of nitrogens with one attached hydrogen (secondary N) is 1. The van der Waals surface area contributed by atoms with Gasteiger partial charge in [-0.1, -0.05) is 36.4 Å². The average molecular weight is 510 g/mol. The molecule has 1 heterocycles. The summed E-state index contributed by atoms with van der Waals surface area (Å²) in [5, 5.41) is 7.32. The van der Waals surface area contributed by atoms with Crippen molar-refractivity contribution in [2.75, 3.05) is 12.4 Å². The fraction of sp³-hybridized carbons (Fsp3) is 0.214. The number of nitrogens with zero attached hydrogens (tertiary/aromatic N) is 2. The molecule has 0 radical (unpaired) electrons. The molecule has 0 saturated heterocycles. The fourth-order valence-corrected chi connectivity index (χ4v) is 3.94. The molecule has 0 aliphatic heterocycles. The van der Waals surface area contributed by atoms with Gasteiger partial charge in [0.1, 0.15) is 6.61 Å². The van der Waals surface area contributed by atoms with Crippen molar-refractivity contribution in [2.24, 2.45) is 0 Å². The first-order valence-corrected chi connectivity index (χ1v) is 11.5. The molecule has 0 atom stereocenters. The predicted molar refractivity (Wildman–Crippen MR) is 134 cm³/mol. The SMILES string of the molecule is COc1ccccc1OCc1cccc(C(=O)Nc2c(C)nn(Cc3cccc(C(F)(F)F)c3)c2C)c1. The molecule has 37 heavy (non-hydrogen) atoms. The van der Waals surface area contributed by atoms with Gasteiger partial charge in [0.25, 0.3) is 5.91 Å². The quantitative estimate of drug-likeness (QED) is 0.298. The van der Waals surface area contributed by atoms with E-state index in [1.165, 1.54) is 6.07 Å². The lowest BCUT2D eigenvalue weighted by Crippen LogP contribution is -2.14. The van der Waals surface area contributed by atoms with E-state index in [1.807, 2.05) is 18.2 Å². The Labute approximate surface area is 212 Å². The predicted octanol–water partition coefficient (Wildman–Crippen LogP) is 6.41. The molecule has 0 saturated carbocycles. The van der Waals surface area contributed by atoms with E-state index in [9.17, 15) is 18.0 Å². The molecule has 3 aromatic carbocycles. The number of amides is 1. The van der Waals surface area contributed by atoms with Crippen LogP contribution in [0.5, 0.6) is 11.5 Å². The molecule has 6 nitrogen and oxygen atoms in total. The fourth-order valence-electron chi connectivity index (χ4n) is 3.94. The Bertz CT molecular complexity index is 1410. The number of anilines is 1. The molecule has 0 aliphatic rings. The Hall–Kier alpha value is -4.27. The minimum absolute atomic E-state index is 0.141. The summed E-state index contributed by atoms with van der Waals surface area (Å²) in [4.78, 5) is 13.0. The first-order chi connectivity index (χ1) is 17.7. The molecule has 4 aromatic rings. The van der Waals surface area contributed by atoms with Gasteiger partial charge in [0.2, 0.25) is 0 Å². The van der Waals surface area contributed by atoms with Crippen molar-refractivity contribution < 1.29 is 27.4 Å². The summed E-state index contributed by atoms with van der Waals surface area (Å²) >= 11 is 0. The van der Waals surface area contributed by atoms with Crippen molar-refractivity contribution in [2.45, 2.75) is 33.2 Å². The number of hydrogen-bond donors (Lipinski definition) is 1. The van der Waals surface area contributed by atoms with Crippen molar-refractivity contribution in [1.29, 1.82) is 0 Å². The van der Waals surface area contributed by atoms with E-state index < -0.39 is 11.7 Å². The van der Waals surface area contributed by atoms with Gasteiger partial charge in [-0.3, -0.25) is 9.48 Å². The van der Waals surface area contributed by atoms with Gasteiger partial charge in [0.15, 0.2) is 11.5 Å². The molecule has 0 aliphatic carbocycles. The third-order valence-corrected chi connectivity index (χ3v) is 5.86. The van der Waals surface area contributed by atoms with Gasteiger partial charge in [-0.2, -0.15) is 18.3 Å². The number of aryl methyl sites for hydroxylation is 1. The second-order valence-electron chi connectivity index (χ2n) is 8.50. The largest absolute Gasteiger partial charge is 0.493 e. The Morgan fingerprint density at radius 3 is 2.38 bits per heavy atom. The summed E-state index contributed by atoms with van der Waals surface area (Å²) < 4.78 is 52.0. The molecular formula is C28H26F3N3O3. The van der Waals surface area contributed by atoms with Crippen LogP contribution in [0.15, 0.2) is 72.8 Å². The maximum Gasteiger partial charge on any atom is 0.416 e. The second kappa shape index (κ2) is 10.8. The van der Waals surface area contributed by atoms with Gasteiger partial charge < -0.3 is 14.8 Å². The van der Waals surface area contributed by atoms with Crippen LogP contribution >= 0.6 is 0 Å². The van der Waals surface area contributed by atoms with Gasteiger partial charge >= 0.3 is 6.18 Å². The van der Waals surface area contributed by atoms with E-state index in [0.29, 0.717) is 39.7 Å². The highest BCUT2D eigenvalue weighted by atomic mass is 19.4. The normalized spacial score (nSPS) is 11.3. The van der Waals surface area contributed by atoms with E-state index in [2.05, 4.69) is 10.4 Å². The highest BCUT2D eigenvalue weighted by Gasteiger charge is 2.30. The Morgan fingerprint density at radius 1 is 0.946 bits per heavy atom. The monoisotopic (exact) mass is 509 g/mol. The zero-order valence-electron chi connectivity index (χ0n) is 20.6. The van der Waals surface area contributed by atoms with Crippen LogP contribution in [-0.2, 0) is 19.3 Å². The van der Waals surface area contributed by atoms with Crippen molar-refractivity contribution in [3.8, 4) is 11.5 Å². The minimum Gasteiger partial charge on any atom is -0.493 e. The number of para-hydroxylation sites is 2. The molecule has 1 N–H and O–H groups in total. The van der Waals surface area contributed by atoms with Crippen molar-refractivity contribution >= 4 is 11.6 Å². The van der Waals surface area contributed by atoms with Gasteiger partial charge in [0, 0.05) is 5.56 Å². The summed E-state index contributed by atoms with van der Waals surface area (Å²) in [6, 6.07) is 19.5. The lowest BCUT2D eigenvalue weighted by molar-refractivity contribution is -0.137. The molecular weight excluding hydrogens is 483 g/mol. The Kier molecular flexibility index (Phi) is 7.52. The zero-order valence-corrected chi connectivity index (χ0v) is 20.6. The summed E-state index contributed by atoms with van der Waals surface area (Å²) in [5.41, 5.74) is 2.70. The van der Waals surface area contributed by atoms with E-state index in [4.69, 9.17) is 9.47 Å². The molecule has 192 valence electrons. The number of carbonyl (C=O) groups is 1. The first-order valence-electron chi connectivity index (χ1n) is 11.5. The van der Waals surface area contributed by atoms with Crippen LogP contribution in [0.25, 0.3) is 0 Å². The zero-order chi connectivity index (χ0) is 26.6. The standard InChI is InChI=1S/C28H26F3N3O3/c1-18-26(19(2)34(33-18)16-20-8-7-11-23(15-20)28(29,30)31)32-27(35)22-10-6-9-21(14-22)17-37-25-13-5-4-12-24(25)36-3/h4-15H,16-17H2,1-3H3,(H,32,35). The highest BCUT2D eigenvalue weighted by Crippen LogP contribution is 2.30. The second-order valence-corrected chi connectivity index (χ2v) is 8.50. The van der Waals surface area contributed by atoms with Crippen LogP contribution in [0.3, 0.4) is 0 Å². The maximum atomic E-state index is 13.1. The van der Waals surface area contributed by atoms with Crippen LogP contribution in [0.4, 0.5) is 18.9 Å². The van der Waals surface area contributed by atoms with Crippen molar-refractivity contribution in [3.63, 3.8) is 0 Å². The minimum atomic E-state index is -4.42. The van der Waals surface area contributed by atoms with Gasteiger partial charge in [0.05, 0.1) is 36.3 Å². The summed E-state index contributed by atoms with van der Waals surface area (Å²) in [7, 11) is 1.57. The third-order valence-electron chi connectivity index (χ3n) is 5.86. The van der Waals surface area contributed by atoms with Crippen LogP contribution in [0.1, 0.15) is 38.4 Å². The molecule has 1 aromatic heterocycles. The Morgan fingerprint density at radius 2 is 1.65 bits per heavy atom. The van der Waals surface area contributed by atoms with Crippen LogP contribution < -0.4 is 14.8 Å². The molecule has 0 bridgehead atoms. The van der Waals surface area contributed by atoms with E-state index >= 15 is 0 Å². The number of carbonyl (C=O) groups excluding carboxylic acids is 1. The van der Waals surface area contributed by atoms with E-state index in [0.717, 1.165) is 17.7 Å². The number of aromatic nitrogens is 2. The van der Waals surface area contributed by atoms with Crippen LogP contribution in [0.2, 0.25) is 0 Å². The number of rotatable bonds is 8. The molecule has 0 spiro atoms. The number of benzene rings is 3. The van der Waals surface area contributed by atoms with Gasteiger partial charge in [-0.25, -0.2) is 0 Å². The summed E-state index contributed by atoms with van der Waals surface area (Å²) in [6.45, 7) is 3.89. The number of alkyl halides is 3.